The Morgan fingerprint density at radius 1 is 1.11 bits per heavy atom. The molecule has 3 rings (SSSR count). The summed E-state index contributed by atoms with van der Waals surface area (Å²) < 4.78 is 7.83. The SMILES string of the molecule is Cc1ccc2c(c1)nc(COc1ccccc1)n2C. The van der Waals surface area contributed by atoms with E-state index in [-0.39, 0.29) is 0 Å². The molecule has 0 unspecified atom stereocenters. The normalized spacial score (nSPS) is 10.8. The first-order chi connectivity index (χ1) is 9.24. The van der Waals surface area contributed by atoms with Crippen molar-refractivity contribution in [1.82, 2.24) is 9.55 Å². The van der Waals surface area contributed by atoms with Gasteiger partial charge in [0.05, 0.1) is 11.0 Å². The number of aryl methyl sites for hydroxylation is 2. The molecule has 0 aliphatic rings. The monoisotopic (exact) mass is 252 g/mol. The molecule has 19 heavy (non-hydrogen) atoms. The maximum atomic E-state index is 5.75. The summed E-state index contributed by atoms with van der Waals surface area (Å²) in [6.45, 7) is 2.56. The quantitative estimate of drug-likeness (QED) is 0.713. The van der Waals surface area contributed by atoms with Gasteiger partial charge in [-0.05, 0) is 36.8 Å². The third-order valence-corrected chi connectivity index (χ3v) is 3.24. The molecular weight excluding hydrogens is 236 g/mol. The zero-order valence-corrected chi connectivity index (χ0v) is 11.1. The standard InChI is InChI=1S/C16H16N2O/c1-12-8-9-15-14(10-12)17-16(18(15)2)11-19-13-6-4-3-5-7-13/h3-10H,11H2,1-2H3. The number of hydrogen-bond acceptors (Lipinski definition) is 2. The van der Waals surface area contributed by atoms with Gasteiger partial charge in [-0.25, -0.2) is 4.98 Å². The minimum atomic E-state index is 0.480. The molecule has 2 aromatic carbocycles. The van der Waals surface area contributed by atoms with E-state index >= 15 is 0 Å². The number of rotatable bonds is 3. The lowest BCUT2D eigenvalue weighted by atomic mass is 10.2. The van der Waals surface area contributed by atoms with Crippen LogP contribution in [0.15, 0.2) is 48.5 Å². The molecule has 0 fully saturated rings. The van der Waals surface area contributed by atoms with Gasteiger partial charge in [0.25, 0.3) is 0 Å². The van der Waals surface area contributed by atoms with Gasteiger partial charge in [0.2, 0.25) is 0 Å². The molecule has 0 spiro atoms. The second-order valence-electron chi connectivity index (χ2n) is 4.68. The van der Waals surface area contributed by atoms with Crippen LogP contribution in [0.2, 0.25) is 0 Å². The number of imidazole rings is 1. The van der Waals surface area contributed by atoms with E-state index in [1.165, 1.54) is 5.56 Å². The highest BCUT2D eigenvalue weighted by atomic mass is 16.5. The van der Waals surface area contributed by atoms with Gasteiger partial charge in [-0.2, -0.15) is 0 Å². The van der Waals surface area contributed by atoms with Crippen molar-refractivity contribution in [3.05, 3.63) is 59.9 Å². The molecule has 0 aliphatic carbocycles. The van der Waals surface area contributed by atoms with Gasteiger partial charge in [0.15, 0.2) is 0 Å². The minimum Gasteiger partial charge on any atom is -0.486 e. The summed E-state index contributed by atoms with van der Waals surface area (Å²) in [6.07, 6.45) is 0. The summed E-state index contributed by atoms with van der Waals surface area (Å²) >= 11 is 0. The van der Waals surface area contributed by atoms with E-state index in [4.69, 9.17) is 4.74 Å². The Kier molecular flexibility index (Phi) is 2.95. The first-order valence-corrected chi connectivity index (χ1v) is 6.34. The number of nitrogens with zero attached hydrogens (tertiary/aromatic N) is 2. The van der Waals surface area contributed by atoms with Gasteiger partial charge in [0.1, 0.15) is 18.2 Å². The first-order valence-electron chi connectivity index (χ1n) is 6.34. The van der Waals surface area contributed by atoms with Gasteiger partial charge in [0, 0.05) is 7.05 Å². The highest BCUT2D eigenvalue weighted by Gasteiger charge is 2.08. The summed E-state index contributed by atoms with van der Waals surface area (Å²) in [5, 5.41) is 0. The van der Waals surface area contributed by atoms with E-state index in [1.54, 1.807) is 0 Å². The molecule has 0 radical (unpaired) electrons. The summed E-state index contributed by atoms with van der Waals surface area (Å²) in [7, 11) is 2.02. The zero-order chi connectivity index (χ0) is 13.2. The van der Waals surface area contributed by atoms with Crippen LogP contribution in [-0.2, 0) is 13.7 Å². The summed E-state index contributed by atoms with van der Waals surface area (Å²) in [4.78, 5) is 4.63. The molecule has 0 saturated heterocycles. The molecule has 3 heteroatoms. The Labute approximate surface area is 112 Å². The molecular formula is C16H16N2O. The van der Waals surface area contributed by atoms with Crippen LogP contribution in [0.5, 0.6) is 5.75 Å². The highest BCUT2D eigenvalue weighted by molar-refractivity contribution is 5.76. The number of fused-ring (bicyclic) bond motifs is 1. The van der Waals surface area contributed by atoms with Crippen molar-refractivity contribution in [2.24, 2.45) is 7.05 Å². The molecule has 3 aromatic rings. The third-order valence-electron chi connectivity index (χ3n) is 3.24. The van der Waals surface area contributed by atoms with E-state index in [0.29, 0.717) is 6.61 Å². The molecule has 0 atom stereocenters. The lowest BCUT2D eigenvalue weighted by Crippen LogP contribution is -2.03. The van der Waals surface area contributed by atoms with Crippen LogP contribution >= 0.6 is 0 Å². The lowest BCUT2D eigenvalue weighted by Gasteiger charge is -2.05. The fourth-order valence-electron chi connectivity index (χ4n) is 2.15. The van der Waals surface area contributed by atoms with Gasteiger partial charge < -0.3 is 9.30 Å². The zero-order valence-electron chi connectivity index (χ0n) is 11.1. The van der Waals surface area contributed by atoms with Gasteiger partial charge in [-0.15, -0.1) is 0 Å². The second-order valence-corrected chi connectivity index (χ2v) is 4.68. The third kappa shape index (κ3) is 2.32. The smallest absolute Gasteiger partial charge is 0.147 e. The molecule has 0 aliphatic heterocycles. The van der Waals surface area contributed by atoms with E-state index in [0.717, 1.165) is 22.6 Å². The van der Waals surface area contributed by atoms with Gasteiger partial charge in [-0.3, -0.25) is 0 Å². The Bertz CT molecular complexity index is 701. The van der Waals surface area contributed by atoms with Crippen LogP contribution in [0.1, 0.15) is 11.4 Å². The predicted octanol–water partition coefficient (Wildman–Crippen LogP) is 3.46. The maximum absolute atomic E-state index is 5.75. The summed E-state index contributed by atoms with van der Waals surface area (Å²) in [5.74, 6) is 1.80. The topological polar surface area (TPSA) is 27.1 Å². The average molecular weight is 252 g/mol. The van der Waals surface area contributed by atoms with Crippen molar-refractivity contribution < 1.29 is 4.74 Å². The van der Waals surface area contributed by atoms with Crippen LogP contribution < -0.4 is 4.74 Å². The summed E-state index contributed by atoms with van der Waals surface area (Å²) in [5.41, 5.74) is 3.38. The maximum Gasteiger partial charge on any atom is 0.147 e. The second kappa shape index (κ2) is 4.76. The van der Waals surface area contributed by atoms with Crippen LogP contribution in [0, 0.1) is 6.92 Å². The number of ether oxygens (including phenoxy) is 1. The number of hydrogen-bond donors (Lipinski definition) is 0. The Hall–Kier alpha value is -2.29. The fraction of sp³-hybridized carbons (Fsp3) is 0.188. The minimum absolute atomic E-state index is 0.480. The molecule has 0 saturated carbocycles. The van der Waals surface area contributed by atoms with E-state index in [9.17, 15) is 0 Å². The van der Waals surface area contributed by atoms with Crippen LogP contribution in [0.4, 0.5) is 0 Å². The average Bonchev–Trinajstić information content (AvgIpc) is 2.74. The molecule has 96 valence electrons. The molecule has 3 nitrogen and oxygen atoms in total. The Morgan fingerprint density at radius 2 is 1.89 bits per heavy atom. The van der Waals surface area contributed by atoms with E-state index < -0.39 is 0 Å². The Balaban J connectivity index is 1.87. The van der Waals surface area contributed by atoms with Gasteiger partial charge >= 0.3 is 0 Å². The first kappa shape index (κ1) is 11.8. The van der Waals surface area contributed by atoms with Crippen molar-refractivity contribution >= 4 is 11.0 Å². The van der Waals surface area contributed by atoms with Crippen LogP contribution in [-0.4, -0.2) is 9.55 Å². The van der Waals surface area contributed by atoms with Crippen molar-refractivity contribution in [1.29, 1.82) is 0 Å². The van der Waals surface area contributed by atoms with E-state index in [1.807, 2.05) is 37.4 Å². The van der Waals surface area contributed by atoms with Crippen molar-refractivity contribution in [2.75, 3.05) is 0 Å². The largest absolute Gasteiger partial charge is 0.486 e. The number of aromatic nitrogens is 2. The van der Waals surface area contributed by atoms with Crippen LogP contribution in [0.25, 0.3) is 11.0 Å². The fourth-order valence-corrected chi connectivity index (χ4v) is 2.15. The Morgan fingerprint density at radius 3 is 2.68 bits per heavy atom. The van der Waals surface area contributed by atoms with E-state index in [2.05, 4.69) is 34.7 Å². The molecule has 0 N–H and O–H groups in total. The molecule has 0 amide bonds. The molecule has 1 heterocycles. The van der Waals surface area contributed by atoms with Crippen molar-refractivity contribution in [2.45, 2.75) is 13.5 Å². The lowest BCUT2D eigenvalue weighted by molar-refractivity contribution is 0.292. The number of para-hydroxylation sites is 1. The molecule has 1 aromatic heterocycles. The van der Waals surface area contributed by atoms with Crippen molar-refractivity contribution in [3.8, 4) is 5.75 Å². The summed E-state index contributed by atoms with van der Waals surface area (Å²) in [6, 6.07) is 16.1. The number of benzene rings is 2. The molecule has 0 bridgehead atoms. The predicted molar refractivity (Wildman–Crippen MR) is 76.2 cm³/mol. The van der Waals surface area contributed by atoms with Crippen molar-refractivity contribution in [3.63, 3.8) is 0 Å². The van der Waals surface area contributed by atoms with Crippen LogP contribution in [0.3, 0.4) is 0 Å². The highest BCUT2D eigenvalue weighted by Crippen LogP contribution is 2.18. The van der Waals surface area contributed by atoms with Gasteiger partial charge in [-0.1, -0.05) is 24.3 Å².